The van der Waals surface area contributed by atoms with E-state index in [9.17, 15) is 0 Å². The van der Waals surface area contributed by atoms with Crippen molar-refractivity contribution in [3.8, 4) is 16.8 Å². The summed E-state index contributed by atoms with van der Waals surface area (Å²) in [6.07, 6.45) is 5.75. The standard InChI is InChI=1S/C76H47F2N3O2/c1-75(41-39-46(78)40-42-75)81(65-32-16-26-57-52-21-8-13-34-69(52)83-74(57)65)67-44-61-71(54-23-5-3-18-49(54)67)70-53-22-4-2-17-48(53)66(79(47-37-35-45(77)36-38-47)64-31-15-25-56-51-20-7-12-33-68(51)82-73(56)64)43-60(70)76(61)58-27-9-11-30-63(58)80-62-29-10-6-19-50(62)55-24-14-28-59(76)72(55)80/h2-41,43-44H,42H2,1H3. The van der Waals surface area contributed by atoms with E-state index in [1.54, 1.807) is 24.3 Å². The van der Waals surface area contributed by atoms with E-state index in [-0.39, 0.29) is 11.6 Å². The van der Waals surface area contributed by atoms with Crippen LogP contribution in [-0.4, -0.2) is 10.1 Å². The SMILES string of the molecule is CC1(N(c2cc3c(c4ccccc24)-c2c(cc(N(c4ccc(F)cc4)c4cccc5c4oc4ccccc45)c4ccccc24)C32c3ccccc3-n3c4ccccc4c4cccc2c43)c2cccc3c2oc2ccccc23)C=CC(F)=CC1. The molecule has 12 aromatic carbocycles. The number of hydrogen-bond donors (Lipinski definition) is 0. The predicted molar refractivity (Wildman–Crippen MR) is 336 cm³/mol. The molecule has 3 aliphatic rings. The van der Waals surface area contributed by atoms with Crippen LogP contribution < -0.4 is 9.80 Å². The van der Waals surface area contributed by atoms with Crippen LogP contribution in [0.25, 0.3) is 104 Å². The minimum atomic E-state index is -0.977. The van der Waals surface area contributed by atoms with Crippen molar-refractivity contribution >= 4 is 116 Å². The number of allylic oxidation sites excluding steroid dienone is 2. The lowest BCUT2D eigenvalue weighted by Crippen LogP contribution is -2.43. The van der Waals surface area contributed by atoms with Gasteiger partial charge in [0.15, 0.2) is 11.2 Å². The van der Waals surface area contributed by atoms with Gasteiger partial charge in [-0.2, -0.15) is 0 Å². The van der Waals surface area contributed by atoms with Crippen LogP contribution in [0.15, 0.2) is 269 Å². The third-order valence-corrected chi connectivity index (χ3v) is 18.4. The van der Waals surface area contributed by atoms with Crippen LogP contribution >= 0.6 is 0 Å². The fourth-order valence-electron chi connectivity index (χ4n) is 15.0. The fourth-order valence-corrected chi connectivity index (χ4v) is 15.0. The summed E-state index contributed by atoms with van der Waals surface area (Å²) in [6.45, 7) is 2.21. The Morgan fingerprint density at radius 1 is 0.434 bits per heavy atom. The number of para-hydroxylation sites is 7. The van der Waals surface area contributed by atoms with Gasteiger partial charge in [-0.05, 0) is 142 Å². The highest BCUT2D eigenvalue weighted by Gasteiger charge is 2.53. The molecule has 2 atom stereocenters. The van der Waals surface area contributed by atoms with Gasteiger partial charge in [0.25, 0.3) is 0 Å². The molecule has 0 radical (unpaired) electrons. The first-order chi connectivity index (χ1) is 40.9. The lowest BCUT2D eigenvalue weighted by molar-refractivity contribution is 0.542. The first-order valence-corrected chi connectivity index (χ1v) is 28.3. The van der Waals surface area contributed by atoms with Crippen LogP contribution in [0.3, 0.4) is 0 Å². The molecule has 0 N–H and O–H groups in total. The molecule has 0 fully saturated rings. The Balaban J connectivity index is 1.03. The van der Waals surface area contributed by atoms with Crippen molar-refractivity contribution in [1.82, 2.24) is 4.57 Å². The van der Waals surface area contributed by atoms with Crippen LogP contribution in [0.4, 0.5) is 37.2 Å². The number of nitrogens with zero attached hydrogens (tertiary/aromatic N) is 3. The highest BCUT2D eigenvalue weighted by Crippen LogP contribution is 2.66. The summed E-state index contributed by atoms with van der Waals surface area (Å²) in [5, 5.41) is 10.6. The number of furan rings is 2. The molecule has 1 aliphatic heterocycles. The molecule has 0 saturated carbocycles. The monoisotopic (exact) mass is 1070 g/mol. The zero-order chi connectivity index (χ0) is 54.9. The van der Waals surface area contributed by atoms with Crippen molar-refractivity contribution in [3.63, 3.8) is 0 Å². The van der Waals surface area contributed by atoms with Crippen molar-refractivity contribution in [3.05, 3.63) is 289 Å². The van der Waals surface area contributed by atoms with E-state index in [1.807, 2.05) is 48.5 Å². The number of rotatable bonds is 6. The van der Waals surface area contributed by atoms with E-state index in [0.717, 1.165) is 144 Å². The first-order valence-electron chi connectivity index (χ1n) is 28.3. The van der Waals surface area contributed by atoms with Gasteiger partial charge >= 0.3 is 0 Å². The first kappa shape index (κ1) is 46.3. The quantitative estimate of drug-likeness (QED) is 0.166. The molecule has 18 rings (SSSR count). The molecule has 0 saturated heterocycles. The van der Waals surface area contributed by atoms with Gasteiger partial charge in [-0.1, -0.05) is 170 Å². The minimum Gasteiger partial charge on any atom is -0.454 e. The molecule has 392 valence electrons. The molecule has 0 amide bonds. The second-order valence-corrected chi connectivity index (χ2v) is 22.7. The summed E-state index contributed by atoms with van der Waals surface area (Å²) in [5.74, 6) is -0.577. The Kier molecular flexibility index (Phi) is 9.36. The van der Waals surface area contributed by atoms with Gasteiger partial charge in [0, 0.05) is 48.8 Å². The van der Waals surface area contributed by atoms with E-state index in [0.29, 0.717) is 6.42 Å². The zero-order valence-electron chi connectivity index (χ0n) is 44.9. The second kappa shape index (κ2) is 16.8. The van der Waals surface area contributed by atoms with Crippen molar-refractivity contribution in [1.29, 1.82) is 0 Å². The summed E-state index contributed by atoms with van der Waals surface area (Å²) in [4.78, 5) is 4.70. The van der Waals surface area contributed by atoms with Crippen LogP contribution in [0.1, 0.15) is 35.6 Å². The number of hydrogen-bond acceptors (Lipinski definition) is 4. The molecule has 7 heteroatoms. The smallest absolute Gasteiger partial charge is 0.159 e. The van der Waals surface area contributed by atoms with E-state index < -0.39 is 11.0 Å². The molecule has 2 aliphatic carbocycles. The number of anilines is 5. The molecular formula is C76H47F2N3O2. The highest BCUT2D eigenvalue weighted by molar-refractivity contribution is 6.22. The van der Waals surface area contributed by atoms with E-state index >= 15 is 8.78 Å². The molecule has 4 heterocycles. The largest absolute Gasteiger partial charge is 0.454 e. The summed E-state index contributed by atoms with van der Waals surface area (Å²) < 4.78 is 47.3. The van der Waals surface area contributed by atoms with Crippen molar-refractivity contribution in [2.45, 2.75) is 24.3 Å². The van der Waals surface area contributed by atoms with Gasteiger partial charge in [0.05, 0.1) is 50.4 Å². The number of fused-ring (bicyclic) bond motifs is 22. The Bertz CT molecular complexity index is 5390. The van der Waals surface area contributed by atoms with E-state index in [2.05, 4.69) is 203 Å². The molecule has 0 bridgehead atoms. The summed E-state index contributed by atoms with van der Waals surface area (Å²) in [6, 6.07) is 83.2. The Hall–Kier alpha value is -10.5. The molecule has 3 aromatic heterocycles. The number of halogens is 2. The van der Waals surface area contributed by atoms with E-state index in [1.165, 1.54) is 10.8 Å². The second-order valence-electron chi connectivity index (χ2n) is 22.7. The predicted octanol–water partition coefficient (Wildman–Crippen LogP) is 20.9. The third-order valence-electron chi connectivity index (χ3n) is 18.4. The molecular weight excluding hydrogens is 1020 g/mol. The normalized spacial score (nSPS) is 16.9. The topological polar surface area (TPSA) is 37.7 Å². The Morgan fingerprint density at radius 2 is 0.952 bits per heavy atom. The number of benzene rings is 12. The van der Waals surface area contributed by atoms with Crippen LogP contribution in [0.2, 0.25) is 0 Å². The molecule has 1 spiro atoms. The maximum absolute atomic E-state index is 15.5. The molecule has 83 heavy (non-hydrogen) atoms. The maximum atomic E-state index is 15.5. The average molecular weight is 1070 g/mol. The summed E-state index contributed by atoms with van der Waals surface area (Å²) in [7, 11) is 0. The third kappa shape index (κ3) is 6.12. The summed E-state index contributed by atoms with van der Waals surface area (Å²) in [5.41, 5.74) is 15.9. The zero-order valence-corrected chi connectivity index (χ0v) is 44.9. The van der Waals surface area contributed by atoms with Gasteiger partial charge in [0.1, 0.15) is 22.8 Å². The van der Waals surface area contributed by atoms with Crippen molar-refractivity contribution < 1.29 is 17.6 Å². The van der Waals surface area contributed by atoms with Gasteiger partial charge in [-0.3, -0.25) is 0 Å². The Labute approximate surface area is 475 Å². The lowest BCUT2D eigenvalue weighted by Gasteiger charge is -2.44. The average Bonchev–Trinajstić information content (AvgIpc) is 1.55. The van der Waals surface area contributed by atoms with Crippen molar-refractivity contribution in [2.24, 2.45) is 0 Å². The molecule has 2 unspecified atom stereocenters. The highest BCUT2D eigenvalue weighted by atomic mass is 19.1. The minimum absolute atomic E-state index is 0.256. The van der Waals surface area contributed by atoms with Gasteiger partial charge in [0.2, 0.25) is 0 Å². The molecule has 5 nitrogen and oxygen atoms in total. The van der Waals surface area contributed by atoms with Gasteiger partial charge in [-0.25, -0.2) is 8.78 Å². The van der Waals surface area contributed by atoms with Crippen LogP contribution in [-0.2, 0) is 5.41 Å². The van der Waals surface area contributed by atoms with E-state index in [4.69, 9.17) is 8.83 Å². The van der Waals surface area contributed by atoms with Gasteiger partial charge in [-0.15, -0.1) is 0 Å². The van der Waals surface area contributed by atoms with Crippen molar-refractivity contribution in [2.75, 3.05) is 9.80 Å². The van der Waals surface area contributed by atoms with Crippen LogP contribution in [0, 0.1) is 5.82 Å². The maximum Gasteiger partial charge on any atom is 0.159 e. The summed E-state index contributed by atoms with van der Waals surface area (Å²) >= 11 is 0. The van der Waals surface area contributed by atoms with Crippen LogP contribution in [0.5, 0.6) is 0 Å². The molecule has 15 aromatic rings. The number of aromatic nitrogens is 1. The lowest BCUT2D eigenvalue weighted by atomic mass is 9.65. The van der Waals surface area contributed by atoms with Gasteiger partial charge < -0.3 is 23.2 Å². The Morgan fingerprint density at radius 3 is 1.63 bits per heavy atom. The fraction of sp³-hybridized carbons (Fsp3) is 0.0526.